The topological polar surface area (TPSA) is 156 Å². The molecule has 1 aliphatic rings. The number of halogens is 1. The number of hydrogen-bond acceptors (Lipinski definition) is 9. The molecule has 0 spiro atoms. The van der Waals surface area contributed by atoms with Crippen LogP contribution in [0.1, 0.15) is 0 Å². The van der Waals surface area contributed by atoms with Crippen molar-refractivity contribution < 1.29 is 32.8 Å². The zero-order chi connectivity index (χ0) is 23.8. The minimum atomic E-state index is -4.69. The highest BCUT2D eigenvalue weighted by atomic mass is 31.2. The number of cyclic esters (lactones) is 1. The SMILES string of the molecule is CN(c1ccc(-c2ccc(N3C[C@H](COP(=O)(O)O)OC3=O)cc2F)cn1)c1nnn(C)n1. The first-order chi connectivity index (χ1) is 15.6. The first-order valence-electron chi connectivity index (χ1n) is 9.52. The third-order valence-corrected chi connectivity index (χ3v) is 5.25. The molecule has 1 saturated heterocycles. The smallest absolute Gasteiger partial charge is 0.441 e. The zero-order valence-corrected chi connectivity index (χ0v) is 18.3. The number of ether oxygens (including phenoxy) is 1. The summed E-state index contributed by atoms with van der Waals surface area (Å²) >= 11 is 0. The summed E-state index contributed by atoms with van der Waals surface area (Å²) in [6, 6.07) is 7.58. The molecule has 2 aromatic heterocycles. The molecular formula is C18H19FN7O6P. The Kier molecular flexibility index (Phi) is 6.08. The van der Waals surface area contributed by atoms with Gasteiger partial charge in [0.2, 0.25) is 0 Å². The number of tetrazole rings is 1. The van der Waals surface area contributed by atoms with E-state index in [-0.39, 0.29) is 17.8 Å². The van der Waals surface area contributed by atoms with Gasteiger partial charge >= 0.3 is 13.9 Å². The Morgan fingerprint density at radius 2 is 2.12 bits per heavy atom. The van der Waals surface area contributed by atoms with E-state index in [0.29, 0.717) is 17.3 Å². The Bertz CT molecular complexity index is 1220. The molecule has 33 heavy (non-hydrogen) atoms. The molecule has 1 aromatic carbocycles. The van der Waals surface area contributed by atoms with Crippen LogP contribution in [0.15, 0.2) is 36.5 Å². The standard InChI is InChI=1S/C18H19FN7O6P/c1-24(17-21-23-25(2)22-17)16-6-3-11(8-20-16)14-5-4-12(7-15(14)19)26-9-13(32-18(26)27)10-31-33(28,29)30/h3-8,13H,9-10H2,1-2H3,(H2,28,29,30)/t13-/m1/s1. The van der Waals surface area contributed by atoms with Gasteiger partial charge in [-0.05, 0) is 35.5 Å². The van der Waals surface area contributed by atoms with Crippen LogP contribution in [-0.4, -0.2) is 67.4 Å². The molecule has 15 heteroatoms. The van der Waals surface area contributed by atoms with Gasteiger partial charge in [-0.15, -0.1) is 5.10 Å². The van der Waals surface area contributed by atoms with Crippen molar-refractivity contribution >= 4 is 31.4 Å². The summed E-state index contributed by atoms with van der Waals surface area (Å²) in [5.41, 5.74) is 1.02. The normalized spacial score (nSPS) is 16.2. The molecule has 0 bridgehead atoms. The van der Waals surface area contributed by atoms with Crippen molar-refractivity contribution in [1.82, 2.24) is 25.2 Å². The van der Waals surface area contributed by atoms with E-state index < -0.39 is 32.4 Å². The molecule has 0 unspecified atom stereocenters. The number of rotatable bonds is 7. The lowest BCUT2D eigenvalue weighted by atomic mass is 10.1. The number of carbonyl (C=O) groups excluding carboxylic acids is 1. The molecule has 13 nitrogen and oxygen atoms in total. The molecule has 1 aliphatic heterocycles. The van der Waals surface area contributed by atoms with Crippen molar-refractivity contribution in [2.24, 2.45) is 7.05 Å². The lowest BCUT2D eigenvalue weighted by Crippen LogP contribution is -2.25. The maximum Gasteiger partial charge on any atom is 0.469 e. The summed E-state index contributed by atoms with van der Waals surface area (Å²) in [5.74, 6) is 0.302. The van der Waals surface area contributed by atoms with Gasteiger partial charge in [-0.3, -0.25) is 14.3 Å². The number of carbonyl (C=O) groups is 1. The molecule has 174 valence electrons. The molecule has 1 amide bonds. The van der Waals surface area contributed by atoms with E-state index in [0.717, 1.165) is 4.90 Å². The van der Waals surface area contributed by atoms with Gasteiger partial charge in [-0.1, -0.05) is 5.10 Å². The number of phosphoric acid groups is 1. The van der Waals surface area contributed by atoms with Crippen LogP contribution in [0, 0.1) is 5.82 Å². The molecule has 2 N–H and O–H groups in total. The monoisotopic (exact) mass is 479 g/mol. The van der Waals surface area contributed by atoms with Crippen LogP contribution < -0.4 is 9.80 Å². The van der Waals surface area contributed by atoms with Gasteiger partial charge in [0.25, 0.3) is 5.95 Å². The summed E-state index contributed by atoms with van der Waals surface area (Å²) in [7, 11) is -1.33. The van der Waals surface area contributed by atoms with Gasteiger partial charge in [0.15, 0.2) is 0 Å². The lowest BCUT2D eigenvalue weighted by Gasteiger charge is -2.15. The van der Waals surface area contributed by atoms with Crippen molar-refractivity contribution in [3.63, 3.8) is 0 Å². The van der Waals surface area contributed by atoms with Crippen molar-refractivity contribution in [3.8, 4) is 11.1 Å². The van der Waals surface area contributed by atoms with Gasteiger partial charge in [0.05, 0.1) is 25.9 Å². The fourth-order valence-corrected chi connectivity index (χ4v) is 3.52. The van der Waals surface area contributed by atoms with Crippen LogP contribution in [0.25, 0.3) is 11.1 Å². The minimum Gasteiger partial charge on any atom is -0.441 e. The lowest BCUT2D eigenvalue weighted by molar-refractivity contribution is 0.0880. The highest BCUT2D eigenvalue weighted by Gasteiger charge is 2.34. The second-order valence-electron chi connectivity index (χ2n) is 7.11. The van der Waals surface area contributed by atoms with Crippen molar-refractivity contribution in [1.29, 1.82) is 0 Å². The molecule has 1 atom stereocenters. The van der Waals surface area contributed by atoms with E-state index in [4.69, 9.17) is 14.5 Å². The summed E-state index contributed by atoms with van der Waals surface area (Å²) in [4.78, 5) is 38.1. The summed E-state index contributed by atoms with van der Waals surface area (Å²) in [6.07, 6.45) is -0.168. The number of benzene rings is 1. The van der Waals surface area contributed by atoms with E-state index in [1.165, 1.54) is 29.2 Å². The van der Waals surface area contributed by atoms with Crippen molar-refractivity contribution in [2.45, 2.75) is 6.10 Å². The second kappa shape index (κ2) is 8.83. The maximum absolute atomic E-state index is 14.9. The Labute approximate surface area is 186 Å². The summed E-state index contributed by atoms with van der Waals surface area (Å²) in [6.45, 7) is -0.528. The third kappa shape index (κ3) is 5.14. The van der Waals surface area contributed by atoms with E-state index in [9.17, 15) is 13.8 Å². The van der Waals surface area contributed by atoms with Crippen LogP contribution in [0.2, 0.25) is 0 Å². The fraction of sp³-hybridized carbons (Fsp3) is 0.278. The fourth-order valence-electron chi connectivity index (χ4n) is 3.16. The predicted molar refractivity (Wildman–Crippen MR) is 112 cm³/mol. The number of aryl methyl sites for hydroxylation is 1. The average Bonchev–Trinajstić information content (AvgIpc) is 3.37. The molecule has 0 aliphatic carbocycles. The van der Waals surface area contributed by atoms with E-state index in [2.05, 4.69) is 24.9 Å². The number of aromatic nitrogens is 5. The van der Waals surface area contributed by atoms with Gasteiger partial charge < -0.3 is 14.5 Å². The van der Waals surface area contributed by atoms with Gasteiger partial charge in [-0.2, -0.15) is 4.80 Å². The zero-order valence-electron chi connectivity index (χ0n) is 17.4. The summed E-state index contributed by atoms with van der Waals surface area (Å²) in [5, 5.41) is 11.8. The van der Waals surface area contributed by atoms with E-state index >= 15 is 0 Å². The quantitative estimate of drug-likeness (QED) is 0.475. The molecule has 3 heterocycles. The number of pyridine rings is 1. The highest BCUT2D eigenvalue weighted by Crippen LogP contribution is 2.37. The van der Waals surface area contributed by atoms with Gasteiger partial charge in [0, 0.05) is 24.4 Å². The van der Waals surface area contributed by atoms with E-state index in [1.54, 1.807) is 31.1 Å². The molecule has 0 saturated carbocycles. The van der Waals surface area contributed by atoms with Gasteiger partial charge in [0.1, 0.15) is 17.7 Å². The van der Waals surface area contributed by atoms with Crippen LogP contribution >= 0.6 is 7.82 Å². The number of nitrogens with zero attached hydrogens (tertiary/aromatic N) is 7. The Morgan fingerprint density at radius 1 is 1.33 bits per heavy atom. The number of amides is 1. The summed E-state index contributed by atoms with van der Waals surface area (Å²) < 4.78 is 35.1. The largest absolute Gasteiger partial charge is 0.469 e. The Morgan fingerprint density at radius 3 is 2.73 bits per heavy atom. The minimum absolute atomic E-state index is 0.0450. The second-order valence-corrected chi connectivity index (χ2v) is 8.35. The Balaban J connectivity index is 1.47. The predicted octanol–water partition coefficient (Wildman–Crippen LogP) is 1.61. The van der Waals surface area contributed by atoms with Crippen LogP contribution in [0.5, 0.6) is 0 Å². The van der Waals surface area contributed by atoms with E-state index in [1.807, 2.05) is 0 Å². The van der Waals surface area contributed by atoms with Gasteiger partial charge in [-0.25, -0.2) is 18.7 Å². The highest BCUT2D eigenvalue weighted by molar-refractivity contribution is 7.46. The molecule has 4 rings (SSSR count). The molecule has 1 fully saturated rings. The number of hydrogen-bond donors (Lipinski definition) is 2. The van der Waals surface area contributed by atoms with Crippen molar-refractivity contribution in [2.75, 3.05) is 30.0 Å². The van der Waals surface area contributed by atoms with Crippen LogP contribution in [0.3, 0.4) is 0 Å². The molecule has 3 aromatic rings. The molecular weight excluding hydrogens is 460 g/mol. The third-order valence-electron chi connectivity index (χ3n) is 4.77. The average molecular weight is 479 g/mol. The van der Waals surface area contributed by atoms with Crippen LogP contribution in [0.4, 0.5) is 26.6 Å². The maximum atomic E-state index is 14.9. The first kappa shape index (κ1) is 22.7. The Hall–Kier alpha value is -3.45. The first-order valence-corrected chi connectivity index (χ1v) is 11.1. The number of phosphoric ester groups is 1. The van der Waals surface area contributed by atoms with Crippen LogP contribution in [-0.2, 0) is 20.9 Å². The number of anilines is 3. The molecule has 0 radical (unpaired) electrons. The van der Waals surface area contributed by atoms with Crippen molar-refractivity contribution in [3.05, 3.63) is 42.3 Å².